The lowest BCUT2D eigenvalue weighted by Gasteiger charge is -2.16. The first-order valence-electron chi connectivity index (χ1n) is 6.91. The number of imidazole rings is 1. The van der Waals surface area contributed by atoms with Gasteiger partial charge in [-0.2, -0.15) is 0 Å². The van der Waals surface area contributed by atoms with Crippen molar-refractivity contribution in [2.24, 2.45) is 0 Å². The van der Waals surface area contributed by atoms with E-state index < -0.39 is 0 Å². The summed E-state index contributed by atoms with van der Waals surface area (Å²) in [5.41, 5.74) is 2.03. The Kier molecular flexibility index (Phi) is 5.12. The summed E-state index contributed by atoms with van der Waals surface area (Å²) in [5.74, 6) is 0.886. The second kappa shape index (κ2) is 7.05. The zero-order valence-corrected chi connectivity index (χ0v) is 12.3. The van der Waals surface area contributed by atoms with Gasteiger partial charge in [0.2, 0.25) is 5.95 Å². The second-order valence-corrected chi connectivity index (χ2v) is 4.82. The van der Waals surface area contributed by atoms with Crippen LogP contribution in [0.25, 0.3) is 0 Å². The van der Waals surface area contributed by atoms with Crippen LogP contribution in [0.5, 0.6) is 0 Å². The van der Waals surface area contributed by atoms with Gasteiger partial charge in [-0.15, -0.1) is 0 Å². The van der Waals surface area contributed by atoms with Crippen molar-refractivity contribution >= 4 is 5.95 Å². The minimum absolute atomic E-state index is 0.155. The Bertz CT molecular complexity index is 524. The lowest BCUT2D eigenvalue weighted by molar-refractivity contribution is 0.197. The summed E-state index contributed by atoms with van der Waals surface area (Å²) < 4.78 is 7.18. The van der Waals surface area contributed by atoms with Gasteiger partial charge in [0.1, 0.15) is 0 Å². The van der Waals surface area contributed by atoms with Crippen LogP contribution in [0.15, 0.2) is 30.6 Å². The van der Waals surface area contributed by atoms with Gasteiger partial charge in [0, 0.05) is 32.7 Å². The number of nitrogens with one attached hydrogen (secondary N) is 1. The van der Waals surface area contributed by atoms with E-state index in [0.717, 1.165) is 36.9 Å². The molecule has 5 heteroatoms. The van der Waals surface area contributed by atoms with Gasteiger partial charge in [0.05, 0.1) is 17.4 Å². The molecule has 0 aliphatic carbocycles. The Hall–Kier alpha value is -1.88. The molecule has 0 spiro atoms. The maximum Gasteiger partial charge on any atom is 0.203 e. The molecule has 108 valence electrons. The van der Waals surface area contributed by atoms with Crippen molar-refractivity contribution in [3.8, 4) is 0 Å². The Morgan fingerprint density at radius 1 is 1.40 bits per heavy atom. The molecule has 1 atom stereocenters. The Labute approximate surface area is 120 Å². The molecule has 0 fully saturated rings. The van der Waals surface area contributed by atoms with E-state index in [9.17, 15) is 0 Å². The fourth-order valence-electron chi connectivity index (χ4n) is 2.12. The molecule has 20 heavy (non-hydrogen) atoms. The molecule has 0 aliphatic heterocycles. The van der Waals surface area contributed by atoms with Gasteiger partial charge in [-0.05, 0) is 32.4 Å². The highest BCUT2D eigenvalue weighted by molar-refractivity contribution is 5.31. The predicted octanol–water partition coefficient (Wildman–Crippen LogP) is 2.64. The Balaban J connectivity index is 2.11. The first kappa shape index (κ1) is 14.5. The summed E-state index contributed by atoms with van der Waals surface area (Å²) >= 11 is 0. The van der Waals surface area contributed by atoms with Crippen LogP contribution < -0.4 is 5.32 Å². The van der Waals surface area contributed by atoms with Gasteiger partial charge in [0.15, 0.2) is 0 Å². The molecule has 0 saturated carbocycles. The first-order chi connectivity index (χ1) is 9.72. The average molecular weight is 274 g/mol. The summed E-state index contributed by atoms with van der Waals surface area (Å²) in [4.78, 5) is 8.96. The van der Waals surface area contributed by atoms with Gasteiger partial charge in [-0.1, -0.05) is 6.07 Å². The van der Waals surface area contributed by atoms with Crippen LogP contribution in [0.4, 0.5) is 5.95 Å². The molecule has 0 aromatic carbocycles. The molecule has 0 radical (unpaired) electrons. The van der Waals surface area contributed by atoms with Crippen molar-refractivity contribution < 1.29 is 4.74 Å². The van der Waals surface area contributed by atoms with E-state index in [4.69, 9.17) is 4.74 Å². The van der Waals surface area contributed by atoms with Gasteiger partial charge in [0.25, 0.3) is 0 Å². The summed E-state index contributed by atoms with van der Waals surface area (Å²) in [5, 5.41) is 3.36. The summed E-state index contributed by atoms with van der Waals surface area (Å²) in [6, 6.07) is 6.13. The van der Waals surface area contributed by atoms with E-state index in [-0.39, 0.29) is 6.04 Å². The van der Waals surface area contributed by atoms with Crippen LogP contribution >= 0.6 is 0 Å². The largest absolute Gasteiger partial charge is 0.385 e. The van der Waals surface area contributed by atoms with Crippen molar-refractivity contribution in [3.63, 3.8) is 0 Å². The lowest BCUT2D eigenvalue weighted by Crippen LogP contribution is -2.14. The number of nitrogens with zero attached hydrogens (tertiary/aromatic N) is 3. The van der Waals surface area contributed by atoms with E-state index in [1.165, 1.54) is 0 Å². The fraction of sp³-hybridized carbons (Fsp3) is 0.467. The van der Waals surface area contributed by atoms with Gasteiger partial charge in [-0.25, -0.2) is 4.98 Å². The fourth-order valence-corrected chi connectivity index (χ4v) is 2.12. The van der Waals surface area contributed by atoms with Crippen molar-refractivity contribution in [2.45, 2.75) is 26.3 Å². The number of methoxy groups -OCH3 is 1. The number of aromatic nitrogens is 3. The summed E-state index contributed by atoms with van der Waals surface area (Å²) in [6.07, 6.45) is 4.83. The van der Waals surface area contributed by atoms with Crippen molar-refractivity contribution in [3.05, 3.63) is 42.0 Å². The quantitative estimate of drug-likeness (QED) is 0.789. The van der Waals surface area contributed by atoms with Crippen molar-refractivity contribution in [2.75, 3.05) is 25.6 Å². The topological polar surface area (TPSA) is 52.0 Å². The highest BCUT2D eigenvalue weighted by atomic mass is 16.5. The zero-order chi connectivity index (χ0) is 14.4. The zero-order valence-electron chi connectivity index (χ0n) is 12.3. The number of hydrogen-bond donors (Lipinski definition) is 1. The molecule has 0 aliphatic rings. The van der Waals surface area contributed by atoms with Crippen LogP contribution in [-0.2, 0) is 4.74 Å². The van der Waals surface area contributed by atoms with Gasteiger partial charge >= 0.3 is 0 Å². The molecule has 0 saturated heterocycles. The standard InChI is InChI=1S/C15H22N4O/c1-12-11-19(13(2)14-7-4-5-8-16-14)15(18-12)17-9-6-10-20-3/h4-5,7-8,11,13H,6,9-10H2,1-3H3,(H,17,18). The third-order valence-electron chi connectivity index (χ3n) is 3.19. The lowest BCUT2D eigenvalue weighted by atomic mass is 10.2. The molecule has 1 unspecified atom stereocenters. The minimum Gasteiger partial charge on any atom is -0.385 e. The van der Waals surface area contributed by atoms with E-state index in [1.807, 2.05) is 31.3 Å². The molecule has 0 bridgehead atoms. The minimum atomic E-state index is 0.155. The number of pyridine rings is 1. The number of anilines is 1. The van der Waals surface area contributed by atoms with E-state index in [0.29, 0.717) is 0 Å². The molecule has 2 rings (SSSR count). The summed E-state index contributed by atoms with van der Waals surface area (Å²) in [7, 11) is 1.72. The monoisotopic (exact) mass is 274 g/mol. The molecular formula is C15H22N4O. The molecule has 2 aromatic rings. The van der Waals surface area contributed by atoms with Crippen LogP contribution in [0.2, 0.25) is 0 Å². The maximum absolute atomic E-state index is 5.05. The number of ether oxygens (including phenoxy) is 1. The highest BCUT2D eigenvalue weighted by Gasteiger charge is 2.14. The van der Waals surface area contributed by atoms with Gasteiger partial charge in [-0.3, -0.25) is 4.98 Å². The Morgan fingerprint density at radius 2 is 2.25 bits per heavy atom. The molecule has 1 N–H and O–H groups in total. The maximum atomic E-state index is 5.05. The van der Waals surface area contributed by atoms with Crippen molar-refractivity contribution in [1.29, 1.82) is 0 Å². The summed E-state index contributed by atoms with van der Waals surface area (Å²) in [6.45, 7) is 5.73. The number of aryl methyl sites for hydroxylation is 1. The van der Waals surface area contributed by atoms with E-state index in [1.54, 1.807) is 7.11 Å². The number of hydrogen-bond acceptors (Lipinski definition) is 4. The predicted molar refractivity (Wildman–Crippen MR) is 80.0 cm³/mol. The van der Waals surface area contributed by atoms with Crippen molar-refractivity contribution in [1.82, 2.24) is 14.5 Å². The average Bonchev–Trinajstić information content (AvgIpc) is 2.85. The highest BCUT2D eigenvalue weighted by Crippen LogP contribution is 2.21. The smallest absolute Gasteiger partial charge is 0.203 e. The van der Waals surface area contributed by atoms with Crippen LogP contribution in [0.1, 0.15) is 30.8 Å². The second-order valence-electron chi connectivity index (χ2n) is 4.82. The van der Waals surface area contributed by atoms with Gasteiger partial charge < -0.3 is 14.6 Å². The molecule has 5 nitrogen and oxygen atoms in total. The van der Waals surface area contributed by atoms with Crippen LogP contribution in [0, 0.1) is 6.92 Å². The SMILES string of the molecule is COCCCNc1nc(C)cn1C(C)c1ccccn1. The van der Waals surface area contributed by atoms with E-state index in [2.05, 4.69) is 33.0 Å². The van der Waals surface area contributed by atoms with E-state index >= 15 is 0 Å². The third kappa shape index (κ3) is 3.57. The van der Waals surface area contributed by atoms with Crippen LogP contribution in [0.3, 0.4) is 0 Å². The molecule has 0 amide bonds. The number of rotatable bonds is 7. The molecular weight excluding hydrogens is 252 g/mol. The molecule has 2 heterocycles. The molecule has 2 aromatic heterocycles. The third-order valence-corrected chi connectivity index (χ3v) is 3.19. The first-order valence-corrected chi connectivity index (χ1v) is 6.91. The van der Waals surface area contributed by atoms with Crippen LogP contribution in [-0.4, -0.2) is 34.8 Å². The Morgan fingerprint density at radius 3 is 2.95 bits per heavy atom. The normalized spacial score (nSPS) is 12.3.